The molecule has 12 heteroatoms. The maximum absolute atomic E-state index is 12.5. The lowest BCUT2D eigenvalue weighted by atomic mass is 9.62. The molecule has 8 aromatic carbocycles. The number of hydrogen-bond acceptors (Lipinski definition) is 12. The van der Waals surface area contributed by atoms with Gasteiger partial charge in [-0.2, -0.15) is 0 Å². The minimum Gasteiger partial charge on any atom is -0.508 e. The second-order valence-electron chi connectivity index (χ2n) is 18.2. The Labute approximate surface area is 388 Å². The van der Waals surface area contributed by atoms with Crippen molar-refractivity contribution in [3.63, 3.8) is 0 Å². The van der Waals surface area contributed by atoms with Crippen molar-refractivity contribution in [3.05, 3.63) is 212 Å². The maximum Gasteiger partial charge on any atom is 0.135 e. The molecule has 0 saturated heterocycles. The Bertz CT molecular complexity index is 3110. The lowest BCUT2D eigenvalue weighted by molar-refractivity contribution is 0.221. The van der Waals surface area contributed by atoms with Gasteiger partial charge in [0.2, 0.25) is 0 Å². The van der Waals surface area contributed by atoms with E-state index < -0.39 is 47.7 Å². The first kappa shape index (κ1) is 40.8. The van der Waals surface area contributed by atoms with Crippen LogP contribution in [0.15, 0.2) is 146 Å². The zero-order valence-corrected chi connectivity index (χ0v) is 35.8. The standard InChI is InChI=1S/C56H42O12/c57-29-9-1-25(2-10-29)45-47-37(17-33(61)21-41(47)65)53-49-39(19-35(63)23-43(49)67-55(53)27-5-13-31(59)14-6-27)51(45)52-40-20-36(64)24-44-50(40)54(56(68-44)28-7-15-32(60)16-8-28)38-18-34(62)22-42(66)48(38)46(52)26-3-11-30(58)12-4-26/h1-24,45-46,51-66H/t45-,46-,51?,52?,53?,54?,55+,56+/m0/s1. The van der Waals surface area contributed by atoms with E-state index in [2.05, 4.69) is 0 Å². The SMILES string of the molecule is Oc1ccc([C@H]2c3c(O)cc(O)cc3C3c4c(cc(O)cc4C2C2c4cc(O)cc5c4C(c4cc(O)cc(O)c4[C@@H]2c2ccc(O)cc2)[C@@H](c2ccc(O)cc2)O5)O[C@@H]3c2ccc(O)cc2)cc1. The van der Waals surface area contributed by atoms with Crippen molar-refractivity contribution in [3.8, 4) is 69.0 Å². The van der Waals surface area contributed by atoms with Gasteiger partial charge in [-0.1, -0.05) is 48.5 Å². The Hall–Kier alpha value is -8.64. The van der Waals surface area contributed by atoms with Crippen LogP contribution in [0.3, 0.4) is 0 Å². The summed E-state index contributed by atoms with van der Waals surface area (Å²) in [5.41, 5.74) is 6.75. The summed E-state index contributed by atoms with van der Waals surface area (Å²) in [6, 6.07) is 38.4. The molecule has 4 aliphatic rings. The molecule has 12 rings (SSSR count). The van der Waals surface area contributed by atoms with Gasteiger partial charge in [-0.3, -0.25) is 0 Å². The molecule has 8 aromatic rings. The first-order valence-electron chi connectivity index (χ1n) is 22.2. The predicted molar refractivity (Wildman–Crippen MR) is 248 cm³/mol. The molecular weight excluding hydrogens is 865 g/mol. The number of rotatable bonds is 5. The third-order valence-corrected chi connectivity index (χ3v) is 14.5. The first-order valence-corrected chi connectivity index (χ1v) is 22.2. The summed E-state index contributed by atoms with van der Waals surface area (Å²) in [7, 11) is 0. The molecule has 68 heavy (non-hydrogen) atoms. The van der Waals surface area contributed by atoms with Crippen molar-refractivity contribution in [1.82, 2.24) is 0 Å². The van der Waals surface area contributed by atoms with Gasteiger partial charge in [-0.15, -0.1) is 0 Å². The van der Waals surface area contributed by atoms with E-state index >= 15 is 0 Å². The molecule has 0 radical (unpaired) electrons. The molecular formula is C56H42O12. The fourth-order valence-corrected chi connectivity index (χ4v) is 12.0. The van der Waals surface area contributed by atoms with E-state index in [1.165, 1.54) is 24.3 Å². The number of ether oxygens (including phenoxy) is 2. The number of phenols is 10. The third-order valence-electron chi connectivity index (χ3n) is 14.5. The van der Waals surface area contributed by atoms with E-state index in [-0.39, 0.29) is 57.5 Å². The molecule has 0 spiro atoms. The second-order valence-corrected chi connectivity index (χ2v) is 18.2. The van der Waals surface area contributed by atoms with Crippen LogP contribution in [-0.2, 0) is 0 Å². The van der Waals surface area contributed by atoms with Crippen LogP contribution in [0.5, 0.6) is 69.0 Å². The molecule has 4 unspecified atom stereocenters. The van der Waals surface area contributed by atoms with Gasteiger partial charge in [-0.25, -0.2) is 0 Å². The lowest BCUT2D eigenvalue weighted by Crippen LogP contribution is -2.26. The summed E-state index contributed by atoms with van der Waals surface area (Å²) < 4.78 is 13.7. The Morgan fingerprint density at radius 1 is 0.265 bits per heavy atom. The van der Waals surface area contributed by atoms with Gasteiger partial charge in [0.25, 0.3) is 0 Å². The highest BCUT2D eigenvalue weighted by molar-refractivity contribution is 5.71. The molecule has 2 aliphatic carbocycles. The maximum atomic E-state index is 12.5. The summed E-state index contributed by atoms with van der Waals surface area (Å²) in [6.07, 6.45) is -1.62. The minimum absolute atomic E-state index is 0.0182. The number of fused-ring (bicyclic) bond motifs is 4. The molecule has 0 fully saturated rings. The van der Waals surface area contributed by atoms with Gasteiger partial charge < -0.3 is 60.5 Å². The second kappa shape index (κ2) is 14.9. The molecule has 8 atom stereocenters. The van der Waals surface area contributed by atoms with E-state index in [4.69, 9.17) is 9.47 Å². The molecule has 0 amide bonds. The van der Waals surface area contributed by atoms with Crippen LogP contribution in [-0.4, -0.2) is 51.1 Å². The highest BCUT2D eigenvalue weighted by atomic mass is 16.5. The molecule has 2 heterocycles. The van der Waals surface area contributed by atoms with Crippen LogP contribution in [0, 0.1) is 0 Å². The number of benzene rings is 8. The predicted octanol–water partition coefficient (Wildman–Crippen LogP) is 10.4. The fraction of sp³-hybridized carbons (Fsp3) is 0.143. The fourth-order valence-electron chi connectivity index (χ4n) is 12.0. The topological polar surface area (TPSA) is 221 Å². The average Bonchev–Trinajstić information content (AvgIpc) is 3.81. The summed E-state index contributed by atoms with van der Waals surface area (Å²) in [5, 5.41) is 114. The number of aromatic hydroxyl groups is 10. The van der Waals surface area contributed by atoms with E-state index in [0.29, 0.717) is 78.3 Å². The minimum atomic E-state index is -0.918. The number of phenolic OH excluding ortho intramolecular Hbond substituents is 10. The van der Waals surface area contributed by atoms with Gasteiger partial charge in [0.1, 0.15) is 81.2 Å². The van der Waals surface area contributed by atoms with Gasteiger partial charge in [0.05, 0.1) is 11.8 Å². The highest BCUT2D eigenvalue weighted by Gasteiger charge is 2.55. The van der Waals surface area contributed by atoms with E-state index in [0.717, 1.165) is 0 Å². The Morgan fingerprint density at radius 3 is 0.897 bits per heavy atom. The Morgan fingerprint density at radius 2 is 0.559 bits per heavy atom. The zero-order chi connectivity index (χ0) is 46.9. The van der Waals surface area contributed by atoms with E-state index in [1.54, 1.807) is 121 Å². The van der Waals surface area contributed by atoms with Crippen LogP contribution in [0.25, 0.3) is 0 Å². The summed E-state index contributed by atoms with van der Waals surface area (Å²) in [6.45, 7) is 0. The van der Waals surface area contributed by atoms with Crippen molar-refractivity contribution in [2.45, 2.75) is 47.7 Å². The Kier molecular flexibility index (Phi) is 8.97. The van der Waals surface area contributed by atoms with Crippen LogP contribution in [0.4, 0.5) is 0 Å². The van der Waals surface area contributed by atoms with E-state index in [9.17, 15) is 51.1 Å². The summed E-state index contributed by atoms with van der Waals surface area (Å²) in [5.74, 6) is -5.69. The van der Waals surface area contributed by atoms with Gasteiger partial charge >= 0.3 is 0 Å². The quantitative estimate of drug-likeness (QED) is 0.0780. The van der Waals surface area contributed by atoms with Gasteiger partial charge in [-0.05, 0) is 117 Å². The monoisotopic (exact) mass is 906 g/mol. The summed E-state index contributed by atoms with van der Waals surface area (Å²) >= 11 is 0. The van der Waals surface area contributed by atoms with E-state index in [1.807, 2.05) is 0 Å². The molecule has 10 N–H and O–H groups in total. The molecule has 338 valence electrons. The van der Waals surface area contributed by atoms with Crippen molar-refractivity contribution in [2.24, 2.45) is 0 Å². The van der Waals surface area contributed by atoms with Crippen LogP contribution in [0.2, 0.25) is 0 Å². The molecule has 2 aliphatic heterocycles. The Balaban J connectivity index is 1.25. The smallest absolute Gasteiger partial charge is 0.135 e. The van der Waals surface area contributed by atoms with Crippen molar-refractivity contribution in [1.29, 1.82) is 0 Å². The van der Waals surface area contributed by atoms with Gasteiger partial charge in [0.15, 0.2) is 0 Å². The van der Waals surface area contributed by atoms with Crippen molar-refractivity contribution < 1.29 is 60.5 Å². The zero-order valence-electron chi connectivity index (χ0n) is 35.8. The van der Waals surface area contributed by atoms with Crippen LogP contribution >= 0.6 is 0 Å². The highest BCUT2D eigenvalue weighted by Crippen LogP contribution is 2.69. The lowest BCUT2D eigenvalue weighted by Gasteiger charge is -2.40. The van der Waals surface area contributed by atoms with Crippen LogP contribution in [0.1, 0.15) is 114 Å². The molecule has 0 aromatic heterocycles. The summed E-state index contributed by atoms with van der Waals surface area (Å²) in [4.78, 5) is 0. The molecule has 12 nitrogen and oxygen atoms in total. The van der Waals surface area contributed by atoms with Crippen LogP contribution < -0.4 is 9.47 Å². The third kappa shape index (κ3) is 6.20. The van der Waals surface area contributed by atoms with Crippen molar-refractivity contribution >= 4 is 0 Å². The first-order chi connectivity index (χ1) is 32.8. The van der Waals surface area contributed by atoms with Crippen molar-refractivity contribution in [2.75, 3.05) is 0 Å². The van der Waals surface area contributed by atoms with Gasteiger partial charge in [0, 0.05) is 70.2 Å². The largest absolute Gasteiger partial charge is 0.508 e. The number of hydrogen-bond donors (Lipinski definition) is 10. The normalized spacial score (nSPS) is 22.6. The molecule has 0 bridgehead atoms. The molecule has 0 saturated carbocycles. The average molecular weight is 907 g/mol.